The van der Waals surface area contributed by atoms with Gasteiger partial charge in [-0.05, 0) is 11.6 Å². The van der Waals surface area contributed by atoms with E-state index in [4.69, 9.17) is 16.3 Å². The van der Waals surface area contributed by atoms with Crippen LogP contribution in [0.4, 0.5) is 0 Å². The maximum absolute atomic E-state index is 11.4. The van der Waals surface area contributed by atoms with Crippen LogP contribution in [-0.2, 0) is 20.9 Å². The van der Waals surface area contributed by atoms with Gasteiger partial charge in [-0.1, -0.05) is 29.8 Å². The van der Waals surface area contributed by atoms with Crippen LogP contribution in [-0.4, -0.2) is 32.1 Å². The number of ether oxygens (including phenoxy) is 1. The van der Waals surface area contributed by atoms with E-state index in [1.54, 1.807) is 18.2 Å². The summed E-state index contributed by atoms with van der Waals surface area (Å²) < 4.78 is 4.75. The molecule has 0 spiro atoms. The average molecular weight is 271 g/mol. The molecule has 0 unspecified atom stereocenters. The number of hydrogen-bond acceptors (Lipinski definition) is 3. The molecule has 1 rings (SSSR count). The van der Waals surface area contributed by atoms with Crippen molar-refractivity contribution in [3.63, 3.8) is 0 Å². The summed E-state index contributed by atoms with van der Waals surface area (Å²) in [5.74, 6) is -1.37. The van der Waals surface area contributed by atoms with Gasteiger partial charge in [0.05, 0.1) is 6.61 Å². The van der Waals surface area contributed by atoms with Crippen molar-refractivity contribution in [2.24, 2.45) is 0 Å². The molecule has 0 radical (unpaired) electrons. The van der Waals surface area contributed by atoms with E-state index >= 15 is 0 Å². The second-order valence-electron chi connectivity index (χ2n) is 3.52. The summed E-state index contributed by atoms with van der Waals surface area (Å²) in [6.07, 6.45) is 0. The van der Waals surface area contributed by atoms with E-state index < -0.39 is 11.8 Å². The summed E-state index contributed by atoms with van der Waals surface area (Å²) in [4.78, 5) is 22.7. The van der Waals surface area contributed by atoms with Crippen LogP contribution < -0.4 is 10.6 Å². The van der Waals surface area contributed by atoms with Crippen molar-refractivity contribution in [2.45, 2.75) is 6.54 Å². The first-order chi connectivity index (χ1) is 8.65. The van der Waals surface area contributed by atoms with Crippen molar-refractivity contribution >= 4 is 23.4 Å². The summed E-state index contributed by atoms with van der Waals surface area (Å²) >= 11 is 5.92. The van der Waals surface area contributed by atoms with Gasteiger partial charge in [-0.15, -0.1) is 0 Å². The van der Waals surface area contributed by atoms with E-state index in [1.807, 2.05) is 6.07 Å². The summed E-state index contributed by atoms with van der Waals surface area (Å²) in [7, 11) is 1.52. The lowest BCUT2D eigenvalue weighted by Crippen LogP contribution is -2.40. The summed E-state index contributed by atoms with van der Waals surface area (Å²) in [6, 6.07) is 7.12. The smallest absolute Gasteiger partial charge is 0.309 e. The molecule has 0 saturated carbocycles. The van der Waals surface area contributed by atoms with Crippen molar-refractivity contribution in [3.05, 3.63) is 34.9 Å². The molecule has 0 aliphatic carbocycles. The first kappa shape index (κ1) is 14.5. The van der Waals surface area contributed by atoms with Gasteiger partial charge in [0.1, 0.15) is 0 Å². The van der Waals surface area contributed by atoms with E-state index in [2.05, 4.69) is 10.6 Å². The predicted octanol–water partition coefficient (Wildman–Crippen LogP) is 0.719. The van der Waals surface area contributed by atoms with Crippen LogP contribution in [0, 0.1) is 0 Å². The molecule has 0 atom stereocenters. The van der Waals surface area contributed by atoms with Crippen molar-refractivity contribution in [1.82, 2.24) is 10.6 Å². The molecule has 2 N–H and O–H groups in total. The summed E-state index contributed by atoms with van der Waals surface area (Å²) in [5.41, 5.74) is 0.761. The van der Waals surface area contributed by atoms with Crippen LogP contribution in [0.2, 0.25) is 5.02 Å². The molecular weight excluding hydrogens is 256 g/mol. The van der Waals surface area contributed by atoms with Gasteiger partial charge in [-0.25, -0.2) is 0 Å². The van der Waals surface area contributed by atoms with Gasteiger partial charge >= 0.3 is 11.8 Å². The molecule has 18 heavy (non-hydrogen) atoms. The Labute approximate surface area is 110 Å². The van der Waals surface area contributed by atoms with Crippen molar-refractivity contribution in [3.8, 4) is 0 Å². The summed E-state index contributed by atoms with van der Waals surface area (Å²) in [6.45, 7) is 0.884. The molecule has 0 aromatic heterocycles. The minimum Gasteiger partial charge on any atom is -0.383 e. The first-order valence-electron chi connectivity index (χ1n) is 5.43. The third-order valence-electron chi connectivity index (χ3n) is 2.20. The number of carbonyl (C=O) groups excluding carboxylic acids is 2. The van der Waals surface area contributed by atoms with Crippen molar-refractivity contribution in [1.29, 1.82) is 0 Å². The van der Waals surface area contributed by atoms with Crippen molar-refractivity contribution < 1.29 is 14.3 Å². The Bertz CT molecular complexity index is 424. The minimum absolute atomic E-state index is 0.218. The van der Waals surface area contributed by atoms with Crippen LogP contribution in [0.15, 0.2) is 24.3 Å². The maximum atomic E-state index is 11.4. The molecule has 0 aliphatic rings. The SMILES string of the molecule is COCCNC(=O)C(=O)NCc1ccccc1Cl. The highest BCUT2D eigenvalue weighted by Gasteiger charge is 2.12. The monoisotopic (exact) mass is 270 g/mol. The lowest BCUT2D eigenvalue weighted by atomic mass is 10.2. The number of methoxy groups -OCH3 is 1. The Balaban J connectivity index is 2.37. The molecular formula is C12H15ClN2O3. The molecule has 6 heteroatoms. The zero-order valence-corrected chi connectivity index (χ0v) is 10.8. The second kappa shape index (κ2) is 7.68. The maximum Gasteiger partial charge on any atom is 0.309 e. The number of hydrogen-bond donors (Lipinski definition) is 2. The number of nitrogens with one attached hydrogen (secondary N) is 2. The number of rotatable bonds is 5. The Morgan fingerprint density at radius 1 is 1.22 bits per heavy atom. The van der Waals surface area contributed by atoms with Crippen LogP contribution in [0.5, 0.6) is 0 Å². The Kier molecular flexibility index (Phi) is 6.18. The van der Waals surface area contributed by atoms with Crippen LogP contribution in [0.25, 0.3) is 0 Å². The molecule has 0 fully saturated rings. The standard InChI is InChI=1S/C12H15ClN2O3/c1-18-7-6-14-11(16)12(17)15-8-9-4-2-3-5-10(9)13/h2-5H,6-8H2,1H3,(H,14,16)(H,15,17). The normalized spacial score (nSPS) is 9.89. The lowest BCUT2D eigenvalue weighted by molar-refractivity contribution is -0.139. The largest absolute Gasteiger partial charge is 0.383 e. The fourth-order valence-electron chi connectivity index (χ4n) is 1.24. The highest BCUT2D eigenvalue weighted by molar-refractivity contribution is 6.35. The van der Waals surface area contributed by atoms with Crippen LogP contribution in [0.1, 0.15) is 5.56 Å². The highest BCUT2D eigenvalue weighted by Crippen LogP contribution is 2.13. The van der Waals surface area contributed by atoms with Gasteiger partial charge in [-0.2, -0.15) is 0 Å². The van der Waals surface area contributed by atoms with Crippen LogP contribution >= 0.6 is 11.6 Å². The van der Waals surface area contributed by atoms with Gasteiger partial charge in [0, 0.05) is 25.2 Å². The molecule has 5 nitrogen and oxygen atoms in total. The summed E-state index contributed by atoms with van der Waals surface area (Å²) in [5, 5.41) is 5.47. The first-order valence-corrected chi connectivity index (χ1v) is 5.81. The molecule has 98 valence electrons. The molecule has 0 aliphatic heterocycles. The Hall–Kier alpha value is -1.59. The Morgan fingerprint density at radius 3 is 2.56 bits per heavy atom. The van der Waals surface area contributed by atoms with Gasteiger partial charge in [-0.3, -0.25) is 9.59 Å². The Morgan fingerprint density at radius 2 is 1.89 bits per heavy atom. The molecule has 1 aromatic carbocycles. The quantitative estimate of drug-likeness (QED) is 0.612. The molecule has 0 saturated heterocycles. The van der Waals surface area contributed by atoms with E-state index in [0.717, 1.165) is 5.56 Å². The average Bonchev–Trinajstić information content (AvgIpc) is 2.37. The molecule has 0 bridgehead atoms. The number of halogens is 1. The molecule has 2 amide bonds. The van der Waals surface area contributed by atoms with Gasteiger partial charge in [0.15, 0.2) is 0 Å². The zero-order valence-electron chi connectivity index (χ0n) is 10.0. The fraction of sp³-hybridized carbons (Fsp3) is 0.333. The van der Waals surface area contributed by atoms with Crippen molar-refractivity contribution in [2.75, 3.05) is 20.3 Å². The number of benzene rings is 1. The zero-order chi connectivity index (χ0) is 13.4. The molecule has 0 heterocycles. The molecule has 1 aromatic rings. The van der Waals surface area contributed by atoms with Gasteiger partial charge in [0.25, 0.3) is 0 Å². The highest BCUT2D eigenvalue weighted by atomic mass is 35.5. The van der Waals surface area contributed by atoms with E-state index in [0.29, 0.717) is 18.2 Å². The number of amides is 2. The van der Waals surface area contributed by atoms with Crippen LogP contribution in [0.3, 0.4) is 0 Å². The predicted molar refractivity (Wildman–Crippen MR) is 68.2 cm³/mol. The third kappa shape index (κ3) is 4.73. The topological polar surface area (TPSA) is 67.4 Å². The fourth-order valence-corrected chi connectivity index (χ4v) is 1.45. The third-order valence-corrected chi connectivity index (χ3v) is 2.56. The van der Waals surface area contributed by atoms with Gasteiger partial charge < -0.3 is 15.4 Å². The van der Waals surface area contributed by atoms with E-state index in [9.17, 15) is 9.59 Å². The van der Waals surface area contributed by atoms with Gasteiger partial charge in [0.2, 0.25) is 0 Å². The second-order valence-corrected chi connectivity index (χ2v) is 3.93. The number of carbonyl (C=O) groups is 2. The minimum atomic E-state index is -0.689. The van der Waals surface area contributed by atoms with E-state index in [1.165, 1.54) is 7.11 Å². The lowest BCUT2D eigenvalue weighted by Gasteiger charge is -2.07. The van der Waals surface area contributed by atoms with E-state index in [-0.39, 0.29) is 6.54 Å².